The predicted molar refractivity (Wildman–Crippen MR) is 98.4 cm³/mol. The highest BCUT2D eigenvalue weighted by Gasteiger charge is 2.11. The van der Waals surface area contributed by atoms with Gasteiger partial charge in [0.1, 0.15) is 0 Å². The number of urea groups is 1. The molecule has 0 heterocycles. The van der Waals surface area contributed by atoms with Crippen LogP contribution >= 0.6 is 27.5 Å². The minimum absolute atomic E-state index is 0.467. The quantitative estimate of drug-likeness (QED) is 0.569. The Morgan fingerprint density at radius 2 is 1.88 bits per heavy atom. The third kappa shape index (κ3) is 4.62. The molecule has 0 aromatic heterocycles. The molecule has 2 aromatic carbocycles. The Kier molecular flexibility index (Phi) is 6.45. The molecule has 2 amide bonds. The first-order chi connectivity index (χ1) is 11.5. The second kappa shape index (κ2) is 8.56. The summed E-state index contributed by atoms with van der Waals surface area (Å²) in [5, 5.41) is 7.13. The number of rotatable bonds is 5. The SMILES string of the molecule is COc1ccc(/C=N\NC(=O)Nc2ccc(Cl)cc2)c(Br)c1OC. The molecule has 0 aliphatic carbocycles. The monoisotopic (exact) mass is 411 g/mol. The number of nitrogens with one attached hydrogen (secondary N) is 2. The Hall–Kier alpha value is -2.25. The van der Waals surface area contributed by atoms with Crippen molar-refractivity contribution in [2.75, 3.05) is 19.5 Å². The van der Waals surface area contributed by atoms with E-state index in [1.54, 1.807) is 50.6 Å². The van der Waals surface area contributed by atoms with E-state index in [-0.39, 0.29) is 0 Å². The first-order valence-corrected chi connectivity index (χ1v) is 7.98. The van der Waals surface area contributed by atoms with Crippen LogP contribution in [0.4, 0.5) is 10.5 Å². The molecule has 6 nitrogen and oxygen atoms in total. The number of hydrogen-bond donors (Lipinski definition) is 2. The van der Waals surface area contributed by atoms with Gasteiger partial charge in [0.2, 0.25) is 0 Å². The normalized spacial score (nSPS) is 10.5. The number of methoxy groups -OCH3 is 2. The maximum absolute atomic E-state index is 11.8. The lowest BCUT2D eigenvalue weighted by Crippen LogP contribution is -2.24. The highest BCUT2D eigenvalue weighted by molar-refractivity contribution is 9.10. The van der Waals surface area contributed by atoms with E-state index in [4.69, 9.17) is 21.1 Å². The second-order valence-electron chi connectivity index (χ2n) is 4.54. The molecule has 8 heteroatoms. The number of carbonyl (C=O) groups is 1. The molecule has 2 N–H and O–H groups in total. The number of hydrogen-bond acceptors (Lipinski definition) is 4. The topological polar surface area (TPSA) is 72.0 Å². The Labute approximate surface area is 152 Å². The van der Waals surface area contributed by atoms with Crippen molar-refractivity contribution in [1.82, 2.24) is 5.43 Å². The summed E-state index contributed by atoms with van der Waals surface area (Å²) in [6, 6.07) is 9.81. The van der Waals surface area contributed by atoms with E-state index in [0.29, 0.717) is 26.7 Å². The van der Waals surface area contributed by atoms with Crippen LogP contribution in [0.1, 0.15) is 5.56 Å². The maximum Gasteiger partial charge on any atom is 0.339 e. The smallest absolute Gasteiger partial charge is 0.339 e. The van der Waals surface area contributed by atoms with Crippen molar-refractivity contribution < 1.29 is 14.3 Å². The van der Waals surface area contributed by atoms with Gasteiger partial charge in [0, 0.05) is 16.3 Å². The summed E-state index contributed by atoms with van der Waals surface area (Å²) in [6.45, 7) is 0. The number of halogens is 2. The third-order valence-electron chi connectivity index (χ3n) is 2.99. The third-order valence-corrected chi connectivity index (χ3v) is 4.06. The summed E-state index contributed by atoms with van der Waals surface area (Å²) in [4.78, 5) is 11.8. The molecular weight excluding hydrogens is 398 g/mol. The molecule has 0 spiro atoms. The average Bonchev–Trinajstić information content (AvgIpc) is 2.58. The lowest BCUT2D eigenvalue weighted by atomic mass is 10.2. The van der Waals surface area contributed by atoms with Gasteiger partial charge in [0.25, 0.3) is 0 Å². The molecule has 0 aliphatic heterocycles. The van der Waals surface area contributed by atoms with E-state index in [1.807, 2.05) is 0 Å². The number of amides is 2. The van der Waals surface area contributed by atoms with E-state index >= 15 is 0 Å². The van der Waals surface area contributed by atoms with Gasteiger partial charge in [-0.05, 0) is 52.3 Å². The molecule has 0 fully saturated rings. The van der Waals surface area contributed by atoms with Gasteiger partial charge in [-0.3, -0.25) is 0 Å². The number of nitrogens with zero attached hydrogens (tertiary/aromatic N) is 1. The summed E-state index contributed by atoms with van der Waals surface area (Å²) in [6.07, 6.45) is 1.49. The summed E-state index contributed by atoms with van der Waals surface area (Å²) in [7, 11) is 3.10. The van der Waals surface area contributed by atoms with Crippen LogP contribution < -0.4 is 20.2 Å². The molecule has 24 heavy (non-hydrogen) atoms. The van der Waals surface area contributed by atoms with Gasteiger partial charge < -0.3 is 14.8 Å². The standard InChI is InChI=1S/C16H15BrClN3O3/c1-23-13-8-3-10(14(17)15(13)24-2)9-19-21-16(22)20-12-6-4-11(18)5-7-12/h3-9H,1-2H3,(H2,20,21,22)/b19-9-. The molecule has 0 radical (unpaired) electrons. The van der Waals surface area contributed by atoms with Gasteiger partial charge in [-0.1, -0.05) is 11.6 Å². The van der Waals surface area contributed by atoms with Crippen molar-refractivity contribution in [2.45, 2.75) is 0 Å². The molecule has 0 atom stereocenters. The zero-order chi connectivity index (χ0) is 17.5. The number of benzene rings is 2. The van der Waals surface area contributed by atoms with Crippen LogP contribution in [0, 0.1) is 0 Å². The van der Waals surface area contributed by atoms with Crippen LogP contribution in [0.15, 0.2) is 46.0 Å². The number of carbonyl (C=O) groups excluding carboxylic acids is 1. The predicted octanol–water partition coefficient (Wildman–Crippen LogP) is 4.28. The molecule has 126 valence electrons. The van der Waals surface area contributed by atoms with Crippen molar-refractivity contribution in [2.24, 2.45) is 5.10 Å². The zero-order valence-corrected chi connectivity index (χ0v) is 15.3. The fourth-order valence-electron chi connectivity index (χ4n) is 1.86. The summed E-state index contributed by atoms with van der Waals surface area (Å²) in [5.74, 6) is 1.14. The van der Waals surface area contributed by atoms with Gasteiger partial charge in [-0.25, -0.2) is 10.2 Å². The second-order valence-corrected chi connectivity index (χ2v) is 5.76. The van der Waals surface area contributed by atoms with Gasteiger partial charge in [0.05, 0.1) is 24.9 Å². The zero-order valence-electron chi connectivity index (χ0n) is 13.0. The van der Waals surface area contributed by atoms with E-state index < -0.39 is 6.03 Å². The van der Waals surface area contributed by atoms with E-state index in [2.05, 4.69) is 31.8 Å². The van der Waals surface area contributed by atoms with E-state index in [1.165, 1.54) is 6.21 Å². The van der Waals surface area contributed by atoms with Crippen LogP contribution in [0.3, 0.4) is 0 Å². The minimum Gasteiger partial charge on any atom is -0.493 e. The maximum atomic E-state index is 11.8. The van der Waals surface area contributed by atoms with Crippen LogP contribution in [-0.4, -0.2) is 26.5 Å². The van der Waals surface area contributed by atoms with Gasteiger partial charge >= 0.3 is 6.03 Å². The van der Waals surface area contributed by atoms with Gasteiger partial charge in [-0.2, -0.15) is 5.10 Å². The van der Waals surface area contributed by atoms with Crippen molar-refractivity contribution in [3.63, 3.8) is 0 Å². The summed E-state index contributed by atoms with van der Waals surface area (Å²) < 4.78 is 11.2. The summed E-state index contributed by atoms with van der Waals surface area (Å²) in [5.41, 5.74) is 3.71. The molecular formula is C16H15BrClN3O3. The van der Waals surface area contributed by atoms with Gasteiger partial charge in [-0.15, -0.1) is 0 Å². The number of anilines is 1. The molecule has 0 aliphatic rings. The molecule has 2 aromatic rings. The highest BCUT2D eigenvalue weighted by Crippen LogP contribution is 2.36. The lowest BCUT2D eigenvalue weighted by molar-refractivity contribution is 0.252. The van der Waals surface area contributed by atoms with Gasteiger partial charge in [0.15, 0.2) is 11.5 Å². The molecule has 0 saturated carbocycles. The lowest BCUT2D eigenvalue weighted by Gasteiger charge is -2.10. The summed E-state index contributed by atoms with van der Waals surface area (Å²) >= 11 is 9.21. The van der Waals surface area contributed by atoms with Crippen LogP contribution in [-0.2, 0) is 0 Å². The minimum atomic E-state index is -0.467. The first-order valence-electron chi connectivity index (χ1n) is 6.81. The highest BCUT2D eigenvalue weighted by atomic mass is 79.9. The Morgan fingerprint density at radius 3 is 2.50 bits per heavy atom. The average molecular weight is 413 g/mol. The molecule has 2 rings (SSSR count). The fourth-order valence-corrected chi connectivity index (χ4v) is 2.57. The number of hydrazone groups is 1. The Balaban J connectivity index is 2.01. The Bertz CT molecular complexity index is 751. The molecule has 0 saturated heterocycles. The van der Waals surface area contributed by atoms with E-state index in [9.17, 15) is 4.79 Å². The number of ether oxygens (including phenoxy) is 2. The van der Waals surface area contributed by atoms with Crippen molar-refractivity contribution in [3.8, 4) is 11.5 Å². The van der Waals surface area contributed by atoms with Crippen LogP contribution in [0.25, 0.3) is 0 Å². The van der Waals surface area contributed by atoms with Crippen LogP contribution in [0.5, 0.6) is 11.5 Å². The van der Waals surface area contributed by atoms with E-state index in [0.717, 1.165) is 5.56 Å². The van der Waals surface area contributed by atoms with Crippen LogP contribution in [0.2, 0.25) is 5.02 Å². The fraction of sp³-hybridized carbons (Fsp3) is 0.125. The Morgan fingerprint density at radius 1 is 1.17 bits per heavy atom. The van der Waals surface area contributed by atoms with Crippen molar-refractivity contribution in [3.05, 3.63) is 51.5 Å². The first kappa shape index (κ1) is 18.1. The van der Waals surface area contributed by atoms with Crippen molar-refractivity contribution >= 4 is 45.5 Å². The molecule has 0 unspecified atom stereocenters. The van der Waals surface area contributed by atoms with Crippen molar-refractivity contribution in [1.29, 1.82) is 0 Å². The largest absolute Gasteiger partial charge is 0.493 e. The molecule has 0 bridgehead atoms.